The first-order chi connectivity index (χ1) is 20.3. The van der Waals surface area contributed by atoms with Gasteiger partial charge in [-0.15, -0.1) is 0 Å². The molecule has 2 unspecified atom stereocenters. The highest BCUT2D eigenvalue weighted by atomic mass is 15.2. The molecule has 1 aliphatic heterocycles. The quantitative estimate of drug-likeness (QED) is 0.201. The lowest BCUT2D eigenvalue weighted by Gasteiger charge is -2.35. The van der Waals surface area contributed by atoms with Gasteiger partial charge >= 0.3 is 0 Å². The summed E-state index contributed by atoms with van der Waals surface area (Å²) < 4.78 is 0. The van der Waals surface area contributed by atoms with Crippen LogP contribution < -0.4 is 16.0 Å². The zero-order valence-electron chi connectivity index (χ0n) is 22.7. The van der Waals surface area contributed by atoms with E-state index < -0.39 is 0 Å². The predicted octanol–water partition coefficient (Wildman–Crippen LogP) is 9.57. The first kappa shape index (κ1) is 24.9. The van der Waals surface area contributed by atoms with E-state index in [4.69, 9.17) is 0 Å². The number of anilines is 3. The maximum absolute atomic E-state index is 3.87. The third-order valence-electron chi connectivity index (χ3n) is 7.79. The van der Waals surface area contributed by atoms with Crippen molar-refractivity contribution in [2.24, 2.45) is 0 Å². The van der Waals surface area contributed by atoms with Crippen LogP contribution in [0.3, 0.4) is 0 Å². The van der Waals surface area contributed by atoms with Gasteiger partial charge in [-0.05, 0) is 57.6 Å². The molecular formula is C38H31N3. The summed E-state index contributed by atoms with van der Waals surface area (Å²) in [6.07, 6.45) is -0.0191. The van der Waals surface area contributed by atoms with Gasteiger partial charge in [0.15, 0.2) is 0 Å². The Hall–Kier alpha value is -5.12. The minimum Gasteiger partial charge on any atom is -0.366 e. The molecule has 1 aliphatic rings. The van der Waals surface area contributed by atoms with Gasteiger partial charge in [-0.25, -0.2) is 0 Å². The van der Waals surface area contributed by atoms with Crippen molar-refractivity contribution in [3.05, 3.63) is 174 Å². The van der Waals surface area contributed by atoms with Crippen molar-refractivity contribution in [1.82, 2.24) is 5.32 Å². The van der Waals surface area contributed by atoms with Gasteiger partial charge in [-0.3, -0.25) is 5.32 Å². The van der Waals surface area contributed by atoms with Gasteiger partial charge in [0.05, 0.1) is 6.04 Å². The van der Waals surface area contributed by atoms with Crippen molar-refractivity contribution >= 4 is 17.1 Å². The average Bonchev–Trinajstić information content (AvgIpc) is 3.06. The summed E-state index contributed by atoms with van der Waals surface area (Å²) in [5, 5.41) is 11.2. The van der Waals surface area contributed by atoms with E-state index in [2.05, 4.69) is 168 Å². The topological polar surface area (TPSA) is 36.1 Å². The van der Waals surface area contributed by atoms with E-state index in [0.29, 0.717) is 0 Å². The van der Waals surface area contributed by atoms with Crippen LogP contribution in [-0.2, 0) is 0 Å². The van der Waals surface area contributed by atoms with Crippen molar-refractivity contribution in [3.63, 3.8) is 0 Å². The van der Waals surface area contributed by atoms with Crippen LogP contribution in [0.5, 0.6) is 0 Å². The number of hydrogen-bond acceptors (Lipinski definition) is 3. The molecule has 7 rings (SSSR count). The molecular weight excluding hydrogens is 498 g/mol. The maximum Gasteiger partial charge on any atom is 0.104 e. The van der Waals surface area contributed by atoms with Gasteiger partial charge in [0.2, 0.25) is 0 Å². The van der Waals surface area contributed by atoms with Crippen LogP contribution in [0.4, 0.5) is 17.1 Å². The Morgan fingerprint density at radius 1 is 0.463 bits per heavy atom. The molecule has 6 aromatic carbocycles. The smallest absolute Gasteiger partial charge is 0.104 e. The van der Waals surface area contributed by atoms with E-state index in [1.54, 1.807) is 0 Å². The van der Waals surface area contributed by atoms with Crippen LogP contribution in [-0.4, -0.2) is 0 Å². The number of hydrogen-bond donors (Lipinski definition) is 3. The van der Waals surface area contributed by atoms with Crippen molar-refractivity contribution in [1.29, 1.82) is 0 Å². The largest absolute Gasteiger partial charge is 0.366 e. The molecule has 0 saturated heterocycles. The van der Waals surface area contributed by atoms with E-state index in [-0.39, 0.29) is 12.2 Å². The number of fused-ring (bicyclic) bond motifs is 1. The van der Waals surface area contributed by atoms with Gasteiger partial charge in [0, 0.05) is 22.6 Å². The van der Waals surface area contributed by atoms with E-state index >= 15 is 0 Å². The Kier molecular flexibility index (Phi) is 6.78. The van der Waals surface area contributed by atoms with E-state index in [1.807, 2.05) is 6.07 Å². The average molecular weight is 530 g/mol. The highest BCUT2D eigenvalue weighted by molar-refractivity contribution is 5.81. The van der Waals surface area contributed by atoms with Crippen LogP contribution in [0.1, 0.15) is 28.9 Å². The van der Waals surface area contributed by atoms with Crippen molar-refractivity contribution < 1.29 is 0 Å². The summed E-state index contributed by atoms with van der Waals surface area (Å²) in [4.78, 5) is 0. The molecule has 6 aromatic rings. The van der Waals surface area contributed by atoms with Crippen LogP contribution in [0, 0.1) is 0 Å². The SMILES string of the molecule is c1ccc(-c2ccc(C3NC(c4ccc(Nc5ccccc5-c5ccccc5)cc4)Nc4ccccc43)cc2)cc1. The first-order valence-electron chi connectivity index (χ1n) is 14.1. The Labute approximate surface area is 241 Å². The molecule has 198 valence electrons. The minimum atomic E-state index is -0.0191. The summed E-state index contributed by atoms with van der Waals surface area (Å²) >= 11 is 0. The number of nitrogens with one attached hydrogen (secondary N) is 3. The molecule has 1 heterocycles. The Balaban J connectivity index is 1.13. The molecule has 2 atom stereocenters. The zero-order chi connectivity index (χ0) is 27.4. The summed E-state index contributed by atoms with van der Waals surface area (Å²) in [6, 6.07) is 55.8. The van der Waals surface area contributed by atoms with Crippen molar-refractivity contribution in [3.8, 4) is 22.3 Å². The summed E-state index contributed by atoms with van der Waals surface area (Å²) in [7, 11) is 0. The third-order valence-corrected chi connectivity index (χ3v) is 7.79. The first-order valence-corrected chi connectivity index (χ1v) is 14.1. The Morgan fingerprint density at radius 2 is 1.05 bits per heavy atom. The molecule has 0 bridgehead atoms. The second-order valence-electron chi connectivity index (χ2n) is 10.4. The molecule has 3 heteroatoms. The zero-order valence-corrected chi connectivity index (χ0v) is 22.7. The predicted molar refractivity (Wildman–Crippen MR) is 171 cm³/mol. The van der Waals surface area contributed by atoms with E-state index in [1.165, 1.54) is 38.9 Å². The van der Waals surface area contributed by atoms with E-state index in [9.17, 15) is 0 Å². The number of para-hydroxylation sites is 2. The fourth-order valence-electron chi connectivity index (χ4n) is 5.66. The summed E-state index contributed by atoms with van der Waals surface area (Å²) in [5.41, 5.74) is 11.8. The van der Waals surface area contributed by atoms with Crippen LogP contribution in [0.25, 0.3) is 22.3 Å². The highest BCUT2D eigenvalue weighted by Crippen LogP contribution is 2.38. The number of benzene rings is 6. The molecule has 3 N–H and O–H groups in total. The molecule has 0 spiro atoms. The van der Waals surface area contributed by atoms with Gasteiger partial charge in [0.1, 0.15) is 6.17 Å². The van der Waals surface area contributed by atoms with Crippen LogP contribution in [0.15, 0.2) is 158 Å². The van der Waals surface area contributed by atoms with Crippen LogP contribution in [0.2, 0.25) is 0 Å². The van der Waals surface area contributed by atoms with Gasteiger partial charge < -0.3 is 10.6 Å². The monoisotopic (exact) mass is 529 g/mol. The van der Waals surface area contributed by atoms with Gasteiger partial charge in [0.25, 0.3) is 0 Å². The third kappa shape index (κ3) is 5.23. The second kappa shape index (κ2) is 11.2. The molecule has 0 aromatic heterocycles. The molecule has 0 fully saturated rings. The molecule has 3 nitrogen and oxygen atoms in total. The lowest BCUT2D eigenvalue weighted by molar-refractivity contribution is 0.506. The highest BCUT2D eigenvalue weighted by Gasteiger charge is 2.27. The van der Waals surface area contributed by atoms with Crippen molar-refractivity contribution in [2.75, 3.05) is 10.6 Å². The lowest BCUT2D eigenvalue weighted by Crippen LogP contribution is -2.37. The molecule has 0 radical (unpaired) electrons. The lowest BCUT2D eigenvalue weighted by atomic mass is 9.92. The van der Waals surface area contributed by atoms with E-state index in [0.717, 1.165) is 17.1 Å². The second-order valence-corrected chi connectivity index (χ2v) is 10.4. The Morgan fingerprint density at radius 3 is 1.80 bits per heavy atom. The molecule has 0 aliphatic carbocycles. The molecule has 41 heavy (non-hydrogen) atoms. The normalized spacial score (nSPS) is 15.9. The Bertz CT molecular complexity index is 1740. The fourth-order valence-corrected chi connectivity index (χ4v) is 5.66. The number of rotatable bonds is 6. The molecule has 0 amide bonds. The summed E-state index contributed by atoms with van der Waals surface area (Å²) in [6.45, 7) is 0. The minimum absolute atomic E-state index is 0.0191. The van der Waals surface area contributed by atoms with Gasteiger partial charge in [-0.1, -0.05) is 133 Å². The molecule has 0 saturated carbocycles. The fraction of sp³-hybridized carbons (Fsp3) is 0.0526. The standard InChI is InChI=1S/C38H31N3/c1-3-11-27(12-4-1)28-19-21-30(22-20-28)37-34-16-8-10-18-36(34)40-38(41-37)31-23-25-32(26-24-31)39-35-17-9-7-15-33(35)29-13-5-2-6-14-29/h1-26,37-41H. The van der Waals surface area contributed by atoms with Crippen molar-refractivity contribution in [2.45, 2.75) is 12.2 Å². The summed E-state index contributed by atoms with van der Waals surface area (Å²) in [5.74, 6) is 0. The van der Waals surface area contributed by atoms with Gasteiger partial charge in [-0.2, -0.15) is 0 Å². The maximum atomic E-state index is 3.87. The van der Waals surface area contributed by atoms with Crippen LogP contribution >= 0.6 is 0 Å².